The zero-order valence-corrected chi connectivity index (χ0v) is 101. The van der Waals surface area contributed by atoms with Crippen LogP contribution in [-0.4, -0.2) is 326 Å². The van der Waals surface area contributed by atoms with Gasteiger partial charge >= 0.3 is 0 Å². The van der Waals surface area contributed by atoms with Crippen molar-refractivity contribution in [3.05, 3.63) is 47.6 Å². The molecule has 32 nitrogen and oxygen atoms in total. The van der Waals surface area contributed by atoms with Gasteiger partial charge in [-0.3, -0.25) is 39.2 Å². The smallest absolute Gasteiger partial charge is 0.154 e. The standard InChI is InChI=1S/C114H218N28O4/c1-45-49-87(79-63-99(5,6)129(37)100(7,8)64-79)117-93-59-91(121-139(123-93)143-83-71-107(21,22)133(41)108(23,24)72-83)115-53-55-137(97-61-95(119-89(51-47-3)81-67-103(13,14)131(39)104(15,16)68-81)125-141(127-97)145-85-75-111(29,30)135(43)112(31,32)76-85)57-58-138(98-62-96(120-90(52-48-4)82-69-105(17,18)132(40)106(19,20)70-82)126-142(128-98)146-86-77-113(33,34)136(44)114(35,36)78-86)56-54-116-92-60-94(118-88(50-46-2)80-65-101(9,10)130(38)102(11,12)66-80)124-140(122-92)144-84-73-109(25,26)134(42)110(27,28)74-84/h59-62,79-90,115-116,121-122,127-128H,45-58,63-78H2,1-44H3,(H,117,123)(H,118,124)(H,119,125)(H,120,126). The molecule has 838 valence electrons. The predicted molar refractivity (Wildman–Crippen MR) is 603 cm³/mol. The molecule has 12 aliphatic rings. The van der Waals surface area contributed by atoms with Crippen molar-refractivity contribution >= 4 is 23.3 Å². The molecule has 12 heterocycles. The summed E-state index contributed by atoms with van der Waals surface area (Å²) in [5.41, 5.74) is 13.9. The Morgan fingerprint density at radius 3 is 0.616 bits per heavy atom. The summed E-state index contributed by atoms with van der Waals surface area (Å²) in [7, 11) is 18.3. The van der Waals surface area contributed by atoms with Gasteiger partial charge in [-0.1, -0.05) is 74.5 Å². The number of rotatable bonds is 37. The van der Waals surface area contributed by atoms with Crippen LogP contribution in [-0.2, 0) is 19.4 Å². The molecule has 8 fully saturated rings. The molecule has 0 saturated carbocycles. The summed E-state index contributed by atoms with van der Waals surface area (Å²) in [4.78, 5) is 55.0. The SMILES string of the molecule is CCCC(NC1=NN(OC2CC(C)(C)N(C)C(C)(C)C2)NC(NCCN(CCN(CCNC2=CC(NC(CCC)C3CC(C)(C)N(C)C(C)(C)C3)=NN(OC3CC(C)(C)N(C)C(C)(C)C3)N2)C2=CC(NC(CCC)C3CC(C)(C)N(C)C(C)(C)C3)=NN(OC3CC(C)(C)N(C)C(C)(C)C3)N2)C2=CC(NC(CCC)C3CC(C)(C)N(C)C(C)(C)C3)=NN(OC3CC(C)(C)N(C)C(C)(C)C3)N2)=C1)C1CC(C)(C)N(C)C(C)(C)C1. The van der Waals surface area contributed by atoms with Crippen molar-refractivity contribution in [3.63, 3.8) is 0 Å². The van der Waals surface area contributed by atoms with Crippen LogP contribution in [0.3, 0.4) is 0 Å². The van der Waals surface area contributed by atoms with Crippen molar-refractivity contribution in [3.8, 4) is 0 Å². The first-order chi connectivity index (χ1) is 67.2. The molecule has 12 aliphatic heterocycles. The maximum atomic E-state index is 7.49. The van der Waals surface area contributed by atoms with Gasteiger partial charge in [0.25, 0.3) is 0 Å². The van der Waals surface area contributed by atoms with Crippen LogP contribution in [0.1, 0.15) is 403 Å². The van der Waals surface area contributed by atoms with E-state index in [1.165, 1.54) is 0 Å². The average Bonchev–Trinajstić information content (AvgIpc) is 0.839. The number of piperidine rings is 8. The Hall–Kier alpha value is -6.04. The van der Waals surface area contributed by atoms with Crippen molar-refractivity contribution in [2.45, 2.75) is 541 Å². The van der Waals surface area contributed by atoms with Crippen molar-refractivity contribution in [1.29, 1.82) is 0 Å². The fourth-order valence-electron chi connectivity index (χ4n) is 28.9. The molecule has 0 aliphatic carbocycles. The Bertz CT molecular complexity index is 4180. The van der Waals surface area contributed by atoms with E-state index < -0.39 is 0 Å². The topological polar surface area (TPSA) is 252 Å². The second kappa shape index (κ2) is 44.4. The van der Waals surface area contributed by atoms with Gasteiger partial charge in [-0.15, -0.1) is 20.4 Å². The normalized spacial score (nSPS) is 27.8. The summed E-state index contributed by atoms with van der Waals surface area (Å²) in [5, 5.41) is 53.7. The second-order valence-electron chi connectivity index (χ2n) is 57.3. The molecular weight excluding hydrogens is 1830 g/mol. The Labute approximate surface area is 889 Å². The summed E-state index contributed by atoms with van der Waals surface area (Å²) in [6, 6.07) is 0.534. The lowest BCUT2D eigenvalue weighted by atomic mass is 9.70. The van der Waals surface area contributed by atoms with Crippen molar-refractivity contribution < 1.29 is 19.4 Å². The molecular formula is C114H218N28O4. The molecule has 0 aromatic rings. The molecule has 0 bridgehead atoms. The first-order valence-corrected chi connectivity index (χ1v) is 57.3. The van der Waals surface area contributed by atoms with Gasteiger partial charge in [-0.25, -0.2) is 41.1 Å². The maximum absolute atomic E-state index is 7.49. The monoisotopic (exact) mass is 2040 g/mol. The van der Waals surface area contributed by atoms with E-state index in [1.54, 1.807) is 21.1 Å². The van der Waals surface area contributed by atoms with Crippen LogP contribution in [0.5, 0.6) is 0 Å². The van der Waals surface area contributed by atoms with Gasteiger partial charge in [0.1, 0.15) is 23.3 Å². The Kier molecular flexibility index (Phi) is 36.1. The number of hydrazine groups is 4. The van der Waals surface area contributed by atoms with E-state index >= 15 is 0 Å². The van der Waals surface area contributed by atoms with E-state index in [9.17, 15) is 0 Å². The van der Waals surface area contributed by atoms with Crippen LogP contribution in [0.4, 0.5) is 0 Å². The van der Waals surface area contributed by atoms with Crippen LogP contribution in [0.2, 0.25) is 0 Å². The van der Waals surface area contributed by atoms with Crippen LogP contribution >= 0.6 is 0 Å². The maximum Gasteiger partial charge on any atom is 0.154 e. The van der Waals surface area contributed by atoms with Gasteiger partial charge in [0.15, 0.2) is 23.3 Å². The highest BCUT2D eigenvalue weighted by atomic mass is 16.8. The molecule has 4 unspecified atom stereocenters. The number of amidine groups is 4. The van der Waals surface area contributed by atoms with Gasteiger partial charge in [0.05, 0.1) is 24.4 Å². The van der Waals surface area contributed by atoms with E-state index in [1.807, 2.05) is 0 Å². The molecule has 146 heavy (non-hydrogen) atoms. The third-order valence-corrected chi connectivity index (χ3v) is 38.9. The Morgan fingerprint density at radius 1 is 0.260 bits per heavy atom. The van der Waals surface area contributed by atoms with Crippen molar-refractivity contribution in [2.75, 3.05) is 95.6 Å². The van der Waals surface area contributed by atoms with E-state index in [-0.39, 0.29) is 137 Å². The molecule has 0 aromatic carbocycles. The minimum Gasteiger partial charge on any atom is -0.369 e. The van der Waals surface area contributed by atoms with Crippen LogP contribution < -0.4 is 53.6 Å². The van der Waals surface area contributed by atoms with E-state index in [0.717, 1.165) is 201 Å². The molecule has 0 aromatic heterocycles. The molecule has 8 saturated heterocycles. The van der Waals surface area contributed by atoms with Crippen LogP contribution in [0, 0.1) is 23.7 Å². The quantitative estimate of drug-likeness (QED) is 0.0278. The highest BCUT2D eigenvalue weighted by molar-refractivity contribution is 5.95. The molecule has 10 N–H and O–H groups in total. The molecule has 4 atom stereocenters. The average molecular weight is 2050 g/mol. The molecule has 0 amide bonds. The number of hydrogen-bond donors (Lipinski definition) is 10. The molecule has 0 radical (unpaired) electrons. The number of nitrogens with one attached hydrogen (secondary N) is 10. The first-order valence-electron chi connectivity index (χ1n) is 57.3. The van der Waals surface area contributed by atoms with Gasteiger partial charge in [0.2, 0.25) is 0 Å². The first kappa shape index (κ1) is 119. The van der Waals surface area contributed by atoms with Gasteiger partial charge < -0.3 is 41.7 Å². The van der Waals surface area contributed by atoms with Crippen LogP contribution in [0.15, 0.2) is 68.0 Å². The Balaban J connectivity index is 0.992. The van der Waals surface area contributed by atoms with Gasteiger partial charge in [-0.05, 0) is 430 Å². The largest absolute Gasteiger partial charge is 0.369 e. The summed E-state index contributed by atoms with van der Waals surface area (Å²) < 4.78 is 0. The number of hydrogen-bond acceptors (Lipinski definition) is 32. The second-order valence-corrected chi connectivity index (χ2v) is 57.3. The summed E-state index contributed by atoms with van der Waals surface area (Å²) in [5.74, 6) is 7.81. The molecule has 32 heteroatoms. The summed E-state index contributed by atoms with van der Waals surface area (Å²) in [6.45, 7) is 88.7. The number of hydrazone groups is 4. The van der Waals surface area contributed by atoms with Gasteiger partial charge in [0, 0.05) is 176 Å². The van der Waals surface area contributed by atoms with E-state index in [2.05, 4.69) is 433 Å². The van der Waals surface area contributed by atoms with Crippen LogP contribution in [0.25, 0.3) is 0 Å². The third kappa shape index (κ3) is 28.2. The van der Waals surface area contributed by atoms with E-state index in [0.29, 0.717) is 62.9 Å². The van der Waals surface area contributed by atoms with E-state index in [4.69, 9.17) is 39.8 Å². The summed E-state index contributed by atoms with van der Waals surface area (Å²) >= 11 is 0. The Morgan fingerprint density at radius 2 is 0.432 bits per heavy atom. The van der Waals surface area contributed by atoms with Crippen molar-refractivity contribution in [1.82, 2.24) is 124 Å². The zero-order chi connectivity index (χ0) is 108. The third-order valence-electron chi connectivity index (χ3n) is 38.9. The minimum atomic E-state index is -0.177. The van der Waals surface area contributed by atoms with Gasteiger partial charge in [-0.2, -0.15) is 0 Å². The summed E-state index contributed by atoms with van der Waals surface area (Å²) in [6.07, 6.45) is 31.2. The zero-order valence-electron chi connectivity index (χ0n) is 101. The highest BCUT2D eigenvalue weighted by Gasteiger charge is 2.55. The fraction of sp³-hybridized carbons (Fsp3) is 0.895. The lowest BCUT2D eigenvalue weighted by Gasteiger charge is -2.55. The highest BCUT2D eigenvalue weighted by Crippen LogP contribution is 2.50. The number of likely N-dealkylation sites (tertiary alicyclic amines) is 8. The fourth-order valence-corrected chi connectivity index (χ4v) is 28.9. The lowest BCUT2D eigenvalue weighted by Crippen LogP contribution is -2.62. The molecule has 12 rings (SSSR count). The lowest BCUT2D eigenvalue weighted by molar-refractivity contribution is -0.255. The predicted octanol–water partition coefficient (Wildman–Crippen LogP) is 17.6. The molecule has 0 spiro atoms. The minimum absolute atomic E-state index is 0.00749. The number of nitrogens with zero attached hydrogens (tertiary/aromatic N) is 18. The van der Waals surface area contributed by atoms with Crippen molar-refractivity contribution in [2.24, 2.45) is 44.1 Å².